The topological polar surface area (TPSA) is 172 Å². The van der Waals surface area contributed by atoms with Crippen LogP contribution in [0.15, 0.2) is 30.5 Å². The highest BCUT2D eigenvalue weighted by Crippen LogP contribution is 2.72. The average Bonchev–Trinajstić information content (AvgIpc) is 3.50. The summed E-state index contributed by atoms with van der Waals surface area (Å²) in [7, 11) is 3.16. The second-order valence-electron chi connectivity index (χ2n) is 21.3. The number of esters is 2. The molecule has 0 radical (unpaired) electrons. The molecule has 4 saturated carbocycles. The number of rotatable bonds is 15. The lowest BCUT2D eigenvalue weighted by Gasteiger charge is -2.69. The van der Waals surface area contributed by atoms with Gasteiger partial charge in [0.2, 0.25) is 0 Å². The van der Waals surface area contributed by atoms with Gasteiger partial charge in [-0.1, -0.05) is 13.8 Å². The summed E-state index contributed by atoms with van der Waals surface area (Å²) >= 11 is 0. The van der Waals surface area contributed by atoms with Crippen LogP contribution < -0.4 is 15.4 Å². The van der Waals surface area contributed by atoms with E-state index in [0.29, 0.717) is 55.2 Å². The standard InChI is InChI=1S/C48H67N5O9/c1-29-33(30-12-14-34(52-38(30)42(57)62-44(5,6)7)39-37-31(16-17-50-39)36(59-11)15-13-32(37)40(54)55)20-51-53(29)28-47-23-45(8)22-46(9,24-47)26-48(25-45,27-47)60-19-18-49-35(21-58-10)41(56)61-43(2,3)4/h12-15,20,35,39,49-50H,16-19,21-28H2,1-11H3,(H,54,55). The van der Waals surface area contributed by atoms with Gasteiger partial charge in [0.1, 0.15) is 23.0 Å². The fourth-order valence-corrected chi connectivity index (χ4v) is 12.2. The number of aromatic nitrogens is 3. The van der Waals surface area contributed by atoms with E-state index in [0.717, 1.165) is 55.3 Å². The minimum Gasteiger partial charge on any atom is -0.496 e. The van der Waals surface area contributed by atoms with Gasteiger partial charge in [-0.2, -0.15) is 5.10 Å². The molecule has 3 heterocycles. The number of pyridine rings is 1. The number of carbonyl (C=O) groups is 3. The number of aromatic carboxylic acids is 1. The molecule has 5 aliphatic rings. The molecule has 4 atom stereocenters. The van der Waals surface area contributed by atoms with Crippen molar-refractivity contribution in [3.05, 3.63) is 64.2 Å². The number of carboxylic acid groups (broad SMARTS) is 1. The zero-order valence-electron chi connectivity index (χ0n) is 38.6. The summed E-state index contributed by atoms with van der Waals surface area (Å²) < 4.78 is 31.6. The van der Waals surface area contributed by atoms with E-state index in [1.54, 1.807) is 26.4 Å². The molecule has 1 aromatic carbocycles. The highest BCUT2D eigenvalue weighted by molar-refractivity contribution is 5.96. The van der Waals surface area contributed by atoms with Gasteiger partial charge in [-0.25, -0.2) is 14.6 Å². The Morgan fingerprint density at radius 3 is 2.26 bits per heavy atom. The molecule has 4 fully saturated rings. The van der Waals surface area contributed by atoms with Crippen molar-refractivity contribution in [2.45, 2.75) is 143 Å². The van der Waals surface area contributed by atoms with E-state index >= 15 is 0 Å². The summed E-state index contributed by atoms with van der Waals surface area (Å²) in [6.45, 7) is 20.4. The third-order valence-electron chi connectivity index (χ3n) is 13.0. The largest absolute Gasteiger partial charge is 0.496 e. The molecule has 0 amide bonds. The highest BCUT2D eigenvalue weighted by atomic mass is 16.6. The summed E-state index contributed by atoms with van der Waals surface area (Å²) in [6.07, 6.45) is 8.60. The first-order valence-electron chi connectivity index (χ1n) is 22.0. The Morgan fingerprint density at radius 2 is 1.63 bits per heavy atom. The first-order chi connectivity index (χ1) is 29.0. The van der Waals surface area contributed by atoms with E-state index < -0.39 is 35.2 Å². The van der Waals surface area contributed by atoms with Gasteiger partial charge in [-0.15, -0.1) is 0 Å². The van der Waals surface area contributed by atoms with Crippen LogP contribution in [0.5, 0.6) is 5.75 Å². The lowest BCUT2D eigenvalue weighted by Crippen LogP contribution is -2.64. The maximum atomic E-state index is 14.1. The van der Waals surface area contributed by atoms with Gasteiger partial charge in [0.25, 0.3) is 0 Å². The minimum atomic E-state index is -1.05. The Labute approximate surface area is 366 Å². The van der Waals surface area contributed by atoms with Crippen LogP contribution in [0.2, 0.25) is 0 Å². The maximum absolute atomic E-state index is 14.1. The molecule has 4 unspecified atom stereocenters. The number of hydrogen-bond donors (Lipinski definition) is 3. The molecule has 338 valence electrons. The highest BCUT2D eigenvalue weighted by Gasteiger charge is 2.66. The van der Waals surface area contributed by atoms with Crippen LogP contribution in [0, 0.1) is 23.2 Å². The van der Waals surface area contributed by atoms with Gasteiger partial charge in [0.15, 0.2) is 5.69 Å². The van der Waals surface area contributed by atoms with Crippen LogP contribution in [0.4, 0.5) is 0 Å². The van der Waals surface area contributed by atoms with E-state index in [2.05, 4.69) is 29.2 Å². The SMILES string of the molecule is COCC(NCCOC12CC3(C)CC(C)(CC(Cn4ncc(-c5ccc(C6NCCc7c(OC)ccc(C(=O)O)c76)nc5C(=O)OC(C)(C)C)c4C)(C3)C1)C2)C(=O)OC(C)(C)C. The van der Waals surface area contributed by atoms with Crippen molar-refractivity contribution < 1.29 is 43.2 Å². The van der Waals surface area contributed by atoms with Crippen molar-refractivity contribution >= 4 is 17.9 Å². The summed E-state index contributed by atoms with van der Waals surface area (Å²) in [5.41, 5.74) is 2.96. The average molecular weight is 858 g/mol. The summed E-state index contributed by atoms with van der Waals surface area (Å²) in [6, 6.07) is 5.81. The molecule has 4 bridgehead atoms. The first kappa shape index (κ1) is 45.6. The number of benzene rings is 1. The van der Waals surface area contributed by atoms with Crippen LogP contribution in [0.25, 0.3) is 11.1 Å². The third kappa shape index (κ3) is 9.44. The third-order valence-corrected chi connectivity index (χ3v) is 13.0. The lowest BCUT2D eigenvalue weighted by atomic mass is 9.39. The number of methoxy groups -OCH3 is 2. The fourth-order valence-electron chi connectivity index (χ4n) is 12.2. The Morgan fingerprint density at radius 1 is 0.935 bits per heavy atom. The number of hydrogen-bond acceptors (Lipinski definition) is 12. The van der Waals surface area contributed by atoms with E-state index in [-0.39, 0.29) is 45.7 Å². The predicted molar refractivity (Wildman–Crippen MR) is 233 cm³/mol. The molecule has 4 aliphatic carbocycles. The number of nitrogens with one attached hydrogen (secondary N) is 2. The molecule has 0 spiro atoms. The lowest BCUT2D eigenvalue weighted by molar-refractivity contribution is -0.247. The molecule has 2 aromatic heterocycles. The molecule has 1 aliphatic heterocycles. The van der Waals surface area contributed by atoms with Crippen LogP contribution in [-0.2, 0) is 36.7 Å². The zero-order valence-corrected chi connectivity index (χ0v) is 38.6. The summed E-state index contributed by atoms with van der Waals surface area (Å²) in [5.74, 6) is -1.34. The van der Waals surface area contributed by atoms with Crippen molar-refractivity contribution in [1.29, 1.82) is 0 Å². The monoisotopic (exact) mass is 857 g/mol. The smallest absolute Gasteiger partial charge is 0.358 e. The second-order valence-corrected chi connectivity index (χ2v) is 21.3. The molecule has 14 heteroatoms. The maximum Gasteiger partial charge on any atom is 0.358 e. The summed E-state index contributed by atoms with van der Waals surface area (Å²) in [4.78, 5) is 44.5. The number of ether oxygens (including phenoxy) is 5. The van der Waals surface area contributed by atoms with Crippen molar-refractivity contribution in [2.24, 2.45) is 16.2 Å². The number of nitrogens with zero attached hydrogens (tertiary/aromatic N) is 3. The zero-order chi connectivity index (χ0) is 45.0. The Kier molecular flexibility index (Phi) is 12.3. The van der Waals surface area contributed by atoms with Crippen LogP contribution in [0.1, 0.15) is 143 Å². The van der Waals surface area contributed by atoms with Gasteiger partial charge in [0, 0.05) is 49.1 Å². The van der Waals surface area contributed by atoms with Crippen molar-refractivity contribution in [3.8, 4) is 16.9 Å². The number of carboxylic acids is 1. The van der Waals surface area contributed by atoms with Crippen LogP contribution >= 0.6 is 0 Å². The van der Waals surface area contributed by atoms with Gasteiger partial charge >= 0.3 is 17.9 Å². The normalized spacial score (nSPS) is 27.1. The van der Waals surface area contributed by atoms with Crippen LogP contribution in [0.3, 0.4) is 0 Å². The molecule has 3 aromatic rings. The van der Waals surface area contributed by atoms with E-state index in [9.17, 15) is 19.5 Å². The predicted octanol–water partition coefficient (Wildman–Crippen LogP) is 7.23. The second kappa shape index (κ2) is 16.6. The van der Waals surface area contributed by atoms with Gasteiger partial charge in [0.05, 0.1) is 49.4 Å². The molecular weight excluding hydrogens is 791 g/mol. The molecule has 3 N–H and O–H groups in total. The van der Waals surface area contributed by atoms with E-state index in [4.69, 9.17) is 33.8 Å². The van der Waals surface area contributed by atoms with Gasteiger partial charge in [-0.05, 0) is 139 Å². The Balaban J connectivity index is 1.16. The molecule has 62 heavy (non-hydrogen) atoms. The van der Waals surface area contributed by atoms with E-state index in [1.165, 1.54) is 0 Å². The number of carbonyl (C=O) groups excluding carboxylic acids is 2. The molecule has 14 nitrogen and oxygen atoms in total. The van der Waals surface area contributed by atoms with Crippen molar-refractivity contribution in [2.75, 3.05) is 40.5 Å². The molecule has 0 saturated heterocycles. The van der Waals surface area contributed by atoms with Crippen molar-refractivity contribution in [3.63, 3.8) is 0 Å². The van der Waals surface area contributed by atoms with Gasteiger partial charge in [-0.3, -0.25) is 9.48 Å². The fraction of sp³-hybridized carbons (Fsp3) is 0.646. The van der Waals surface area contributed by atoms with E-state index in [1.807, 2.05) is 66.8 Å². The van der Waals surface area contributed by atoms with Gasteiger partial charge < -0.3 is 39.4 Å². The summed E-state index contributed by atoms with van der Waals surface area (Å²) in [5, 5.41) is 22.0. The van der Waals surface area contributed by atoms with Crippen LogP contribution in [-0.4, -0.2) is 101 Å². The minimum absolute atomic E-state index is 0.0616. The van der Waals surface area contributed by atoms with Crippen molar-refractivity contribution in [1.82, 2.24) is 25.4 Å². The first-order valence-corrected chi connectivity index (χ1v) is 22.0. The number of fused-ring (bicyclic) bond motifs is 1. The molecular formula is C48H67N5O9. The quantitative estimate of drug-likeness (QED) is 0.103. The molecule has 8 rings (SSSR count). The Hall–Kier alpha value is -4.37. The Bertz CT molecular complexity index is 2180.